The monoisotopic (exact) mass is 333 g/mol. The maximum Gasteiger partial charge on any atom is 0.227 e. The molecule has 1 aliphatic rings. The van der Waals surface area contributed by atoms with E-state index in [9.17, 15) is 14.0 Å². The highest BCUT2D eigenvalue weighted by molar-refractivity contribution is 7.10. The quantitative estimate of drug-likeness (QED) is 0.897. The predicted molar refractivity (Wildman–Crippen MR) is 85.4 cm³/mol. The van der Waals surface area contributed by atoms with Crippen molar-refractivity contribution in [1.29, 1.82) is 0 Å². The Morgan fingerprint density at radius 3 is 2.87 bits per heavy atom. The third-order valence-electron chi connectivity index (χ3n) is 3.63. The molecule has 1 aromatic heterocycles. The number of hydrogen-bond acceptors (Lipinski definition) is 4. The van der Waals surface area contributed by atoms with Crippen LogP contribution in [0.2, 0.25) is 0 Å². The first kappa shape index (κ1) is 15.6. The number of carbonyl (C=O) groups is 2. The molecule has 0 radical (unpaired) electrons. The van der Waals surface area contributed by atoms with Gasteiger partial charge in [-0.1, -0.05) is 0 Å². The number of piperidine rings is 1. The lowest BCUT2D eigenvalue weighted by molar-refractivity contribution is -0.125. The van der Waals surface area contributed by atoms with Crippen molar-refractivity contribution >= 4 is 23.2 Å². The van der Waals surface area contributed by atoms with Gasteiger partial charge in [-0.15, -0.1) is 11.3 Å². The molecule has 1 aliphatic heterocycles. The molecule has 3 rings (SSSR count). The molecule has 7 heteroatoms. The topological polar surface area (TPSA) is 71.1 Å². The van der Waals surface area contributed by atoms with E-state index in [4.69, 9.17) is 0 Å². The van der Waals surface area contributed by atoms with E-state index in [0.29, 0.717) is 24.4 Å². The fourth-order valence-corrected chi connectivity index (χ4v) is 3.22. The number of thiazole rings is 1. The molecule has 1 aromatic carbocycles. The van der Waals surface area contributed by atoms with Crippen molar-refractivity contribution in [3.05, 3.63) is 40.5 Å². The van der Waals surface area contributed by atoms with Crippen LogP contribution in [0.1, 0.15) is 17.8 Å². The summed E-state index contributed by atoms with van der Waals surface area (Å²) in [6.07, 6.45) is 1.31. The molecule has 120 valence electrons. The molecule has 5 nitrogen and oxygen atoms in total. The Hall–Kier alpha value is -2.28. The van der Waals surface area contributed by atoms with E-state index in [1.54, 1.807) is 12.1 Å². The SMILES string of the molecule is O=C1CC[C@H](NC(=O)Cc2nc(-c3ccc(F)cc3)cs2)CN1. The number of nitrogens with zero attached hydrogens (tertiary/aromatic N) is 1. The van der Waals surface area contributed by atoms with Gasteiger partial charge in [-0.25, -0.2) is 9.37 Å². The first-order chi connectivity index (χ1) is 11.1. The number of rotatable bonds is 4. The second kappa shape index (κ2) is 6.87. The molecule has 2 N–H and O–H groups in total. The second-order valence-corrected chi connectivity index (χ2v) is 6.36. The lowest BCUT2D eigenvalue weighted by Crippen LogP contribution is -2.48. The van der Waals surface area contributed by atoms with Gasteiger partial charge in [-0.05, 0) is 30.7 Å². The smallest absolute Gasteiger partial charge is 0.227 e. The average Bonchev–Trinajstić information content (AvgIpc) is 2.98. The summed E-state index contributed by atoms with van der Waals surface area (Å²) in [6, 6.07) is 6.09. The Morgan fingerprint density at radius 1 is 1.39 bits per heavy atom. The van der Waals surface area contributed by atoms with Crippen molar-refractivity contribution in [1.82, 2.24) is 15.6 Å². The summed E-state index contributed by atoms with van der Waals surface area (Å²) in [6.45, 7) is 0.475. The normalized spacial score (nSPS) is 17.6. The van der Waals surface area contributed by atoms with E-state index < -0.39 is 0 Å². The van der Waals surface area contributed by atoms with E-state index in [1.807, 2.05) is 5.38 Å². The minimum atomic E-state index is -0.289. The van der Waals surface area contributed by atoms with Crippen LogP contribution in [0.15, 0.2) is 29.6 Å². The van der Waals surface area contributed by atoms with Crippen molar-refractivity contribution < 1.29 is 14.0 Å². The summed E-state index contributed by atoms with van der Waals surface area (Å²) >= 11 is 1.40. The van der Waals surface area contributed by atoms with E-state index in [1.165, 1.54) is 23.5 Å². The van der Waals surface area contributed by atoms with Crippen molar-refractivity contribution in [3.63, 3.8) is 0 Å². The lowest BCUT2D eigenvalue weighted by Gasteiger charge is -2.23. The highest BCUT2D eigenvalue weighted by Gasteiger charge is 2.20. The fraction of sp³-hybridized carbons (Fsp3) is 0.312. The summed E-state index contributed by atoms with van der Waals surface area (Å²) < 4.78 is 12.9. The first-order valence-corrected chi connectivity index (χ1v) is 8.24. The van der Waals surface area contributed by atoms with Gasteiger partial charge >= 0.3 is 0 Å². The van der Waals surface area contributed by atoms with Gasteiger partial charge in [0, 0.05) is 30.0 Å². The molecular formula is C16H16FN3O2S. The zero-order chi connectivity index (χ0) is 16.2. The number of hydrogen-bond donors (Lipinski definition) is 2. The van der Waals surface area contributed by atoms with Crippen LogP contribution in [-0.2, 0) is 16.0 Å². The maximum atomic E-state index is 12.9. The van der Waals surface area contributed by atoms with E-state index in [0.717, 1.165) is 11.3 Å². The van der Waals surface area contributed by atoms with E-state index in [2.05, 4.69) is 15.6 Å². The fourth-order valence-electron chi connectivity index (χ4n) is 2.42. The summed E-state index contributed by atoms with van der Waals surface area (Å²) in [5.41, 5.74) is 1.56. The molecular weight excluding hydrogens is 317 g/mol. The molecule has 0 aliphatic carbocycles. The van der Waals surface area contributed by atoms with Gasteiger partial charge in [-0.2, -0.15) is 0 Å². The molecule has 2 amide bonds. The largest absolute Gasteiger partial charge is 0.354 e. The zero-order valence-corrected chi connectivity index (χ0v) is 13.2. The van der Waals surface area contributed by atoms with Crippen LogP contribution >= 0.6 is 11.3 Å². The Morgan fingerprint density at radius 2 is 2.17 bits per heavy atom. The van der Waals surface area contributed by atoms with E-state index >= 15 is 0 Å². The third-order valence-corrected chi connectivity index (χ3v) is 4.48. The molecule has 1 atom stereocenters. The van der Waals surface area contributed by atoms with Gasteiger partial charge in [0.15, 0.2) is 0 Å². The molecule has 23 heavy (non-hydrogen) atoms. The van der Waals surface area contributed by atoms with Crippen LogP contribution in [0.5, 0.6) is 0 Å². The second-order valence-electron chi connectivity index (χ2n) is 5.42. The molecule has 0 bridgehead atoms. The minimum Gasteiger partial charge on any atom is -0.354 e. The number of carbonyl (C=O) groups excluding carboxylic acids is 2. The Kier molecular flexibility index (Phi) is 4.66. The van der Waals surface area contributed by atoms with Crippen molar-refractivity contribution in [3.8, 4) is 11.3 Å². The summed E-state index contributed by atoms with van der Waals surface area (Å²) in [5.74, 6) is -0.367. The van der Waals surface area contributed by atoms with Crippen molar-refractivity contribution in [2.45, 2.75) is 25.3 Å². The van der Waals surface area contributed by atoms with Gasteiger partial charge in [0.25, 0.3) is 0 Å². The maximum absolute atomic E-state index is 12.9. The molecule has 2 heterocycles. The molecule has 1 fully saturated rings. The van der Waals surface area contributed by atoms with Gasteiger partial charge in [0.1, 0.15) is 10.8 Å². The van der Waals surface area contributed by atoms with Crippen molar-refractivity contribution in [2.24, 2.45) is 0 Å². The molecule has 0 unspecified atom stereocenters. The number of aromatic nitrogens is 1. The number of amides is 2. The molecule has 1 saturated heterocycles. The highest BCUT2D eigenvalue weighted by Crippen LogP contribution is 2.22. The van der Waals surface area contributed by atoms with Crippen LogP contribution in [0.3, 0.4) is 0 Å². The number of nitrogens with one attached hydrogen (secondary N) is 2. The molecule has 2 aromatic rings. The number of halogens is 1. The predicted octanol–water partition coefficient (Wildman–Crippen LogP) is 1.89. The Labute approximate surface area is 136 Å². The lowest BCUT2D eigenvalue weighted by atomic mass is 10.1. The summed E-state index contributed by atoms with van der Waals surface area (Å²) in [7, 11) is 0. The van der Waals surface area contributed by atoms with Crippen LogP contribution in [0, 0.1) is 5.82 Å². The van der Waals surface area contributed by atoms with E-state index in [-0.39, 0.29) is 30.1 Å². The highest BCUT2D eigenvalue weighted by atomic mass is 32.1. The average molecular weight is 333 g/mol. The van der Waals surface area contributed by atoms with Crippen LogP contribution in [0.4, 0.5) is 4.39 Å². The molecule has 0 saturated carbocycles. The van der Waals surface area contributed by atoms with Crippen LogP contribution in [-0.4, -0.2) is 29.4 Å². The van der Waals surface area contributed by atoms with Gasteiger partial charge in [0.05, 0.1) is 12.1 Å². The zero-order valence-electron chi connectivity index (χ0n) is 12.3. The van der Waals surface area contributed by atoms with Crippen molar-refractivity contribution in [2.75, 3.05) is 6.54 Å². The Balaban J connectivity index is 1.57. The summed E-state index contributed by atoms with van der Waals surface area (Å²) in [5, 5.41) is 8.21. The minimum absolute atomic E-state index is 0.0169. The summed E-state index contributed by atoms with van der Waals surface area (Å²) in [4.78, 5) is 27.6. The standard InChI is InChI=1S/C16H16FN3O2S/c17-11-3-1-10(2-4-11)13-9-23-16(20-13)7-15(22)19-12-5-6-14(21)18-8-12/h1-4,9,12H,5-8H2,(H,18,21)(H,19,22)/t12-/m0/s1. The van der Waals surface area contributed by atoms with Gasteiger partial charge in [0.2, 0.25) is 11.8 Å². The van der Waals surface area contributed by atoms with Crippen LogP contribution < -0.4 is 10.6 Å². The molecule has 0 spiro atoms. The number of benzene rings is 1. The van der Waals surface area contributed by atoms with Gasteiger partial charge < -0.3 is 10.6 Å². The first-order valence-electron chi connectivity index (χ1n) is 7.36. The van der Waals surface area contributed by atoms with Crippen LogP contribution in [0.25, 0.3) is 11.3 Å². The third kappa shape index (κ3) is 4.13. The Bertz CT molecular complexity index is 704. The van der Waals surface area contributed by atoms with Gasteiger partial charge in [-0.3, -0.25) is 9.59 Å².